The molecule has 0 aromatic heterocycles. The fourth-order valence-electron chi connectivity index (χ4n) is 0.435. The SMILES string of the molecule is CCC(N)CP(=O)(O)O. The Kier molecular flexibility index (Phi) is 3.36. The summed E-state index contributed by atoms with van der Waals surface area (Å²) in [6.45, 7) is 1.79. The Balaban J connectivity index is 3.60. The third-order valence-electron chi connectivity index (χ3n) is 0.997. The molecular weight excluding hydrogens is 141 g/mol. The van der Waals surface area contributed by atoms with Crippen molar-refractivity contribution in [2.24, 2.45) is 5.73 Å². The first kappa shape index (κ1) is 9.11. The van der Waals surface area contributed by atoms with Crippen LogP contribution in [0.25, 0.3) is 0 Å². The van der Waals surface area contributed by atoms with E-state index in [9.17, 15) is 4.57 Å². The zero-order valence-corrected chi connectivity index (χ0v) is 6.21. The van der Waals surface area contributed by atoms with Gasteiger partial charge < -0.3 is 15.5 Å². The van der Waals surface area contributed by atoms with Crippen LogP contribution in [0.1, 0.15) is 13.3 Å². The summed E-state index contributed by atoms with van der Waals surface area (Å²) in [7, 11) is -3.86. The van der Waals surface area contributed by atoms with Crippen LogP contribution in [0.4, 0.5) is 0 Å². The largest absolute Gasteiger partial charge is 0.327 e. The van der Waals surface area contributed by atoms with Crippen molar-refractivity contribution in [2.75, 3.05) is 6.16 Å². The molecule has 1 unspecified atom stereocenters. The van der Waals surface area contributed by atoms with Crippen LogP contribution in [-0.2, 0) is 4.57 Å². The van der Waals surface area contributed by atoms with Crippen LogP contribution < -0.4 is 5.73 Å². The Labute approximate surface area is 54.2 Å². The first-order valence-corrected chi connectivity index (χ1v) is 4.55. The molecule has 0 aliphatic carbocycles. The Morgan fingerprint density at radius 1 is 1.67 bits per heavy atom. The summed E-state index contributed by atoms with van der Waals surface area (Å²) in [6, 6.07) is -0.370. The molecule has 4 nitrogen and oxygen atoms in total. The van der Waals surface area contributed by atoms with Gasteiger partial charge in [-0.05, 0) is 6.42 Å². The minimum absolute atomic E-state index is 0.205. The minimum atomic E-state index is -3.86. The number of nitrogens with two attached hydrogens (primary N) is 1. The molecule has 0 rings (SSSR count). The summed E-state index contributed by atoms with van der Waals surface area (Å²) >= 11 is 0. The van der Waals surface area contributed by atoms with Crippen molar-refractivity contribution >= 4 is 7.60 Å². The molecule has 0 aliphatic rings. The molecule has 0 aromatic carbocycles. The van der Waals surface area contributed by atoms with Gasteiger partial charge in [-0.1, -0.05) is 6.92 Å². The minimum Gasteiger partial charge on any atom is -0.327 e. The highest BCUT2D eigenvalue weighted by Gasteiger charge is 2.16. The van der Waals surface area contributed by atoms with Crippen LogP contribution in [-0.4, -0.2) is 22.0 Å². The van der Waals surface area contributed by atoms with Gasteiger partial charge in [0, 0.05) is 6.04 Å². The van der Waals surface area contributed by atoms with E-state index in [1.54, 1.807) is 6.92 Å². The molecule has 0 fully saturated rings. The van der Waals surface area contributed by atoms with E-state index in [1.807, 2.05) is 0 Å². The standard InChI is InChI=1S/C4H12NO3P/c1-2-4(5)3-9(6,7)8/h4H,2-3,5H2,1H3,(H2,6,7,8). The molecule has 0 spiro atoms. The van der Waals surface area contributed by atoms with Crippen LogP contribution in [0.2, 0.25) is 0 Å². The summed E-state index contributed by atoms with van der Waals surface area (Å²) in [5.74, 6) is 0. The maximum Gasteiger partial charge on any atom is 0.327 e. The zero-order valence-electron chi connectivity index (χ0n) is 5.32. The summed E-state index contributed by atoms with van der Waals surface area (Å²) in [6.07, 6.45) is 0.397. The van der Waals surface area contributed by atoms with Crippen molar-refractivity contribution in [3.63, 3.8) is 0 Å². The molecule has 9 heavy (non-hydrogen) atoms. The van der Waals surface area contributed by atoms with Crippen molar-refractivity contribution in [3.8, 4) is 0 Å². The molecule has 0 saturated heterocycles. The Morgan fingerprint density at radius 3 is 2.22 bits per heavy atom. The van der Waals surface area contributed by atoms with Crippen molar-refractivity contribution < 1.29 is 14.4 Å². The lowest BCUT2D eigenvalue weighted by Crippen LogP contribution is -2.22. The molecule has 0 saturated carbocycles. The molecule has 1 atom stereocenters. The maximum atomic E-state index is 10.2. The molecule has 5 heteroatoms. The average Bonchev–Trinajstić information content (AvgIpc) is 1.62. The second kappa shape index (κ2) is 3.32. The first-order chi connectivity index (χ1) is 3.95. The number of hydrogen-bond donors (Lipinski definition) is 3. The highest BCUT2D eigenvalue weighted by molar-refractivity contribution is 7.51. The van der Waals surface area contributed by atoms with Crippen LogP contribution >= 0.6 is 7.60 Å². The normalized spacial score (nSPS) is 15.6. The van der Waals surface area contributed by atoms with Gasteiger partial charge in [0.05, 0.1) is 6.16 Å². The van der Waals surface area contributed by atoms with E-state index in [0.29, 0.717) is 6.42 Å². The maximum absolute atomic E-state index is 10.2. The highest BCUT2D eigenvalue weighted by Crippen LogP contribution is 2.34. The highest BCUT2D eigenvalue weighted by atomic mass is 31.2. The summed E-state index contributed by atoms with van der Waals surface area (Å²) in [5.41, 5.74) is 5.27. The Bertz CT molecular complexity index is 121. The quantitative estimate of drug-likeness (QED) is 0.494. The van der Waals surface area contributed by atoms with Gasteiger partial charge in [0.25, 0.3) is 0 Å². The van der Waals surface area contributed by atoms with Gasteiger partial charge >= 0.3 is 7.60 Å². The first-order valence-electron chi connectivity index (χ1n) is 2.76. The van der Waals surface area contributed by atoms with Gasteiger partial charge in [0.1, 0.15) is 0 Å². The average molecular weight is 153 g/mol. The van der Waals surface area contributed by atoms with E-state index >= 15 is 0 Å². The third-order valence-corrected chi connectivity index (χ3v) is 1.94. The van der Waals surface area contributed by atoms with E-state index in [1.165, 1.54) is 0 Å². The van der Waals surface area contributed by atoms with E-state index < -0.39 is 7.60 Å². The molecule has 4 N–H and O–H groups in total. The van der Waals surface area contributed by atoms with Gasteiger partial charge in [-0.2, -0.15) is 0 Å². The molecule has 0 aliphatic heterocycles. The molecule has 0 bridgehead atoms. The molecule has 0 heterocycles. The van der Waals surface area contributed by atoms with Crippen molar-refractivity contribution in [2.45, 2.75) is 19.4 Å². The third kappa shape index (κ3) is 5.99. The Morgan fingerprint density at radius 2 is 2.11 bits per heavy atom. The molecule has 0 radical (unpaired) electrons. The fourth-order valence-corrected chi connectivity index (χ4v) is 1.30. The van der Waals surface area contributed by atoms with Gasteiger partial charge in [0.2, 0.25) is 0 Å². The van der Waals surface area contributed by atoms with Crippen LogP contribution in [0, 0.1) is 0 Å². The van der Waals surface area contributed by atoms with Crippen LogP contribution in [0.5, 0.6) is 0 Å². The van der Waals surface area contributed by atoms with Crippen LogP contribution in [0.3, 0.4) is 0 Å². The lowest BCUT2D eigenvalue weighted by Gasteiger charge is -2.08. The second-order valence-electron chi connectivity index (χ2n) is 2.02. The van der Waals surface area contributed by atoms with Crippen molar-refractivity contribution in [1.29, 1.82) is 0 Å². The van der Waals surface area contributed by atoms with E-state index in [0.717, 1.165) is 0 Å². The second-order valence-corrected chi connectivity index (χ2v) is 3.71. The monoisotopic (exact) mass is 153 g/mol. The zero-order chi connectivity index (χ0) is 7.49. The predicted octanol–water partition coefficient (Wildman–Crippen LogP) is -0.0986. The lowest BCUT2D eigenvalue weighted by molar-refractivity contribution is 0.368. The molecule has 56 valence electrons. The number of rotatable bonds is 3. The molecule has 0 aromatic rings. The Hall–Kier alpha value is 0.110. The predicted molar refractivity (Wildman–Crippen MR) is 35.2 cm³/mol. The summed E-state index contributed by atoms with van der Waals surface area (Å²) in [5, 5.41) is 0. The summed E-state index contributed by atoms with van der Waals surface area (Å²) < 4.78 is 10.2. The molecular formula is C4H12NO3P. The molecule has 0 amide bonds. The van der Waals surface area contributed by atoms with E-state index in [-0.39, 0.29) is 12.2 Å². The van der Waals surface area contributed by atoms with Crippen molar-refractivity contribution in [1.82, 2.24) is 0 Å². The van der Waals surface area contributed by atoms with Gasteiger partial charge in [-0.25, -0.2) is 0 Å². The van der Waals surface area contributed by atoms with Gasteiger partial charge in [0.15, 0.2) is 0 Å². The lowest BCUT2D eigenvalue weighted by atomic mass is 10.3. The van der Waals surface area contributed by atoms with Crippen molar-refractivity contribution in [3.05, 3.63) is 0 Å². The fraction of sp³-hybridized carbons (Fsp3) is 1.00. The van der Waals surface area contributed by atoms with E-state index in [4.69, 9.17) is 15.5 Å². The van der Waals surface area contributed by atoms with Gasteiger partial charge in [-0.15, -0.1) is 0 Å². The number of hydrogen-bond acceptors (Lipinski definition) is 2. The van der Waals surface area contributed by atoms with Crippen LogP contribution in [0.15, 0.2) is 0 Å². The topological polar surface area (TPSA) is 83.6 Å². The smallest absolute Gasteiger partial charge is 0.327 e. The summed E-state index contributed by atoms with van der Waals surface area (Å²) in [4.78, 5) is 16.7. The van der Waals surface area contributed by atoms with Gasteiger partial charge in [-0.3, -0.25) is 4.57 Å². The van der Waals surface area contributed by atoms with E-state index in [2.05, 4.69) is 0 Å².